The predicted molar refractivity (Wildman–Crippen MR) is 93.8 cm³/mol. The predicted octanol–water partition coefficient (Wildman–Crippen LogP) is 0.741. The van der Waals surface area contributed by atoms with Gasteiger partial charge in [0.25, 0.3) is 0 Å². The Bertz CT molecular complexity index is 693. The van der Waals surface area contributed by atoms with Gasteiger partial charge < -0.3 is 20.3 Å². The average molecular weight is 343 g/mol. The van der Waals surface area contributed by atoms with Crippen LogP contribution < -0.4 is 5.73 Å². The molecular weight excluding hydrogens is 318 g/mol. The number of nitrogens with two attached hydrogens (primary N) is 1. The quantitative estimate of drug-likeness (QED) is 0.834. The van der Waals surface area contributed by atoms with Gasteiger partial charge in [0.15, 0.2) is 0 Å². The van der Waals surface area contributed by atoms with E-state index < -0.39 is 12.1 Å². The van der Waals surface area contributed by atoms with Crippen molar-refractivity contribution in [2.24, 2.45) is 5.73 Å². The number of imidazole rings is 1. The van der Waals surface area contributed by atoms with Gasteiger partial charge in [0.2, 0.25) is 5.91 Å². The highest BCUT2D eigenvalue weighted by Crippen LogP contribution is 2.27. The first kappa shape index (κ1) is 17.6. The number of carbonyl (C=O) groups is 1. The summed E-state index contributed by atoms with van der Waals surface area (Å²) in [5.74, 6) is 1.21. The molecule has 2 atom stereocenters. The summed E-state index contributed by atoms with van der Waals surface area (Å²) < 4.78 is 2.17. The maximum absolute atomic E-state index is 12.3. The van der Waals surface area contributed by atoms with Crippen molar-refractivity contribution in [3.8, 4) is 0 Å². The molecule has 25 heavy (non-hydrogen) atoms. The smallest absolute Gasteiger partial charge is 0.242 e. The molecule has 1 aliphatic rings. The third-order valence-electron chi connectivity index (χ3n) is 4.83. The first-order chi connectivity index (χ1) is 12.1. The number of hydrogen-bond acceptors (Lipinski definition) is 5. The molecule has 134 valence electrons. The SMILES string of the molecule is C[C@@H](O)[C@H](N)C(=O)N1CCC(c2nccn2Cc2ccncc2)CC1. The summed E-state index contributed by atoms with van der Waals surface area (Å²) in [6, 6.07) is 3.16. The highest BCUT2D eigenvalue weighted by molar-refractivity contribution is 5.82. The van der Waals surface area contributed by atoms with E-state index in [1.54, 1.807) is 24.2 Å². The molecule has 0 unspecified atom stereocenters. The van der Waals surface area contributed by atoms with Crippen LogP contribution in [0.15, 0.2) is 36.9 Å². The van der Waals surface area contributed by atoms with E-state index in [2.05, 4.69) is 14.5 Å². The fourth-order valence-corrected chi connectivity index (χ4v) is 3.27. The molecule has 0 radical (unpaired) electrons. The molecule has 1 aliphatic heterocycles. The second-order valence-corrected chi connectivity index (χ2v) is 6.63. The Labute approximate surface area is 147 Å². The number of amides is 1. The number of aliphatic hydroxyl groups is 1. The average Bonchev–Trinajstić information content (AvgIpc) is 3.09. The van der Waals surface area contributed by atoms with Crippen molar-refractivity contribution >= 4 is 5.91 Å². The maximum atomic E-state index is 12.3. The molecule has 3 rings (SSSR count). The molecule has 7 heteroatoms. The van der Waals surface area contributed by atoms with Gasteiger partial charge in [-0.3, -0.25) is 9.78 Å². The number of rotatable bonds is 5. The van der Waals surface area contributed by atoms with E-state index in [1.165, 1.54) is 5.56 Å². The van der Waals surface area contributed by atoms with E-state index in [0.29, 0.717) is 19.0 Å². The van der Waals surface area contributed by atoms with Crippen LogP contribution in [0.2, 0.25) is 0 Å². The molecule has 0 saturated carbocycles. The van der Waals surface area contributed by atoms with Crippen LogP contribution in [0.3, 0.4) is 0 Å². The molecule has 1 amide bonds. The Morgan fingerprint density at radius 3 is 2.64 bits per heavy atom. The molecule has 0 aromatic carbocycles. The van der Waals surface area contributed by atoms with Gasteiger partial charge in [0, 0.05) is 50.3 Å². The van der Waals surface area contributed by atoms with Crippen LogP contribution in [-0.4, -0.2) is 55.7 Å². The van der Waals surface area contributed by atoms with Crippen LogP contribution in [0, 0.1) is 0 Å². The summed E-state index contributed by atoms with van der Waals surface area (Å²) in [6.45, 7) is 3.60. The lowest BCUT2D eigenvalue weighted by molar-refractivity contribution is -0.135. The number of aliphatic hydroxyl groups excluding tert-OH is 1. The van der Waals surface area contributed by atoms with Gasteiger partial charge in [-0.15, -0.1) is 0 Å². The number of nitrogens with zero attached hydrogens (tertiary/aromatic N) is 4. The Hall–Kier alpha value is -2.25. The standard InChI is InChI=1S/C18H25N5O2/c1-13(24)16(19)18(25)22-9-4-15(5-10-22)17-21-8-11-23(17)12-14-2-6-20-7-3-14/h2-3,6-8,11,13,15-16,24H,4-5,9-10,12,19H2,1H3/t13-,16+/m1/s1. The second-order valence-electron chi connectivity index (χ2n) is 6.63. The fourth-order valence-electron chi connectivity index (χ4n) is 3.27. The number of aromatic nitrogens is 3. The van der Waals surface area contributed by atoms with Crippen molar-refractivity contribution in [1.29, 1.82) is 0 Å². The molecular formula is C18H25N5O2. The normalized spacial score (nSPS) is 18.1. The van der Waals surface area contributed by atoms with Crippen molar-refractivity contribution in [1.82, 2.24) is 19.4 Å². The van der Waals surface area contributed by atoms with Crippen molar-refractivity contribution in [2.45, 2.75) is 44.4 Å². The molecule has 0 aliphatic carbocycles. The van der Waals surface area contributed by atoms with E-state index in [0.717, 1.165) is 25.2 Å². The van der Waals surface area contributed by atoms with E-state index >= 15 is 0 Å². The van der Waals surface area contributed by atoms with Gasteiger partial charge in [-0.05, 0) is 37.5 Å². The fraction of sp³-hybridized carbons (Fsp3) is 0.500. The van der Waals surface area contributed by atoms with Gasteiger partial charge in [0.1, 0.15) is 11.9 Å². The molecule has 2 aromatic rings. The summed E-state index contributed by atoms with van der Waals surface area (Å²) in [7, 11) is 0. The second kappa shape index (κ2) is 7.76. The van der Waals surface area contributed by atoms with Crippen LogP contribution in [0.1, 0.15) is 37.1 Å². The van der Waals surface area contributed by atoms with Gasteiger partial charge in [0.05, 0.1) is 6.10 Å². The molecule has 7 nitrogen and oxygen atoms in total. The summed E-state index contributed by atoms with van der Waals surface area (Å²) in [5.41, 5.74) is 6.95. The van der Waals surface area contributed by atoms with E-state index in [-0.39, 0.29) is 5.91 Å². The summed E-state index contributed by atoms with van der Waals surface area (Å²) in [4.78, 5) is 22.6. The third-order valence-corrected chi connectivity index (χ3v) is 4.83. The summed E-state index contributed by atoms with van der Waals surface area (Å²) in [5, 5.41) is 9.51. The zero-order valence-electron chi connectivity index (χ0n) is 14.5. The molecule has 3 heterocycles. The number of piperidine rings is 1. The van der Waals surface area contributed by atoms with Crippen LogP contribution in [-0.2, 0) is 11.3 Å². The van der Waals surface area contributed by atoms with Gasteiger partial charge in [-0.2, -0.15) is 0 Å². The Balaban J connectivity index is 1.62. The lowest BCUT2D eigenvalue weighted by Crippen LogP contribution is -2.51. The van der Waals surface area contributed by atoms with Crippen LogP contribution >= 0.6 is 0 Å². The molecule has 3 N–H and O–H groups in total. The molecule has 2 aromatic heterocycles. The van der Waals surface area contributed by atoms with Crippen LogP contribution in [0.4, 0.5) is 0 Å². The number of carbonyl (C=O) groups excluding carboxylic acids is 1. The van der Waals surface area contributed by atoms with Crippen LogP contribution in [0.5, 0.6) is 0 Å². The first-order valence-corrected chi connectivity index (χ1v) is 8.68. The molecule has 1 fully saturated rings. The minimum atomic E-state index is -0.842. The monoisotopic (exact) mass is 343 g/mol. The lowest BCUT2D eigenvalue weighted by atomic mass is 9.95. The first-order valence-electron chi connectivity index (χ1n) is 8.68. The molecule has 0 bridgehead atoms. The molecule has 1 saturated heterocycles. The van der Waals surface area contributed by atoms with E-state index in [9.17, 15) is 9.90 Å². The van der Waals surface area contributed by atoms with E-state index in [1.807, 2.05) is 24.5 Å². The Morgan fingerprint density at radius 2 is 2.00 bits per heavy atom. The minimum Gasteiger partial charge on any atom is -0.391 e. The van der Waals surface area contributed by atoms with Gasteiger partial charge in [-0.25, -0.2) is 4.98 Å². The van der Waals surface area contributed by atoms with E-state index in [4.69, 9.17) is 5.73 Å². The number of hydrogen-bond donors (Lipinski definition) is 2. The summed E-state index contributed by atoms with van der Waals surface area (Å²) in [6.07, 6.45) is 8.29. The van der Waals surface area contributed by atoms with Crippen molar-refractivity contribution in [2.75, 3.05) is 13.1 Å². The summed E-state index contributed by atoms with van der Waals surface area (Å²) >= 11 is 0. The van der Waals surface area contributed by atoms with Crippen molar-refractivity contribution in [3.05, 3.63) is 48.3 Å². The largest absolute Gasteiger partial charge is 0.391 e. The topological polar surface area (TPSA) is 97.3 Å². The van der Waals surface area contributed by atoms with Gasteiger partial charge in [-0.1, -0.05) is 0 Å². The number of pyridine rings is 1. The molecule has 0 spiro atoms. The Morgan fingerprint density at radius 1 is 1.32 bits per heavy atom. The Kier molecular flexibility index (Phi) is 5.45. The van der Waals surface area contributed by atoms with Gasteiger partial charge >= 0.3 is 0 Å². The third kappa shape index (κ3) is 4.05. The van der Waals surface area contributed by atoms with Crippen LogP contribution in [0.25, 0.3) is 0 Å². The van der Waals surface area contributed by atoms with Crippen molar-refractivity contribution in [3.63, 3.8) is 0 Å². The zero-order chi connectivity index (χ0) is 17.8. The maximum Gasteiger partial charge on any atom is 0.242 e. The highest BCUT2D eigenvalue weighted by atomic mass is 16.3. The zero-order valence-corrected chi connectivity index (χ0v) is 14.5. The minimum absolute atomic E-state index is 0.173. The lowest BCUT2D eigenvalue weighted by Gasteiger charge is -2.34. The number of likely N-dealkylation sites (tertiary alicyclic amines) is 1. The van der Waals surface area contributed by atoms with Crippen molar-refractivity contribution < 1.29 is 9.90 Å². The highest BCUT2D eigenvalue weighted by Gasteiger charge is 2.30.